The van der Waals surface area contributed by atoms with Crippen LogP contribution in [0.1, 0.15) is 5.82 Å². The van der Waals surface area contributed by atoms with E-state index in [4.69, 9.17) is 5.14 Å². The molecule has 0 unspecified atom stereocenters. The van der Waals surface area contributed by atoms with Gasteiger partial charge in [0.15, 0.2) is 5.82 Å². The van der Waals surface area contributed by atoms with Gasteiger partial charge in [-0.25, -0.2) is 27.6 Å². The number of nitrogens with zero attached hydrogens (tertiary/aromatic N) is 3. The number of benzene rings is 2. The molecule has 0 amide bonds. The van der Waals surface area contributed by atoms with E-state index in [1.165, 1.54) is 24.3 Å². The molecule has 0 atom stereocenters. The largest absolute Gasteiger partial charge is 0.453 e. The lowest BCUT2D eigenvalue weighted by molar-refractivity contribution is -0.144. The van der Waals surface area contributed by atoms with Crippen LogP contribution < -0.4 is 5.14 Å². The van der Waals surface area contributed by atoms with Crippen LogP contribution in [0.4, 0.5) is 17.6 Å². The van der Waals surface area contributed by atoms with E-state index in [0.717, 1.165) is 28.9 Å². The normalized spacial score (nSPS) is 12.3. The van der Waals surface area contributed by atoms with Gasteiger partial charge in [0.1, 0.15) is 5.82 Å². The van der Waals surface area contributed by atoms with Crippen molar-refractivity contribution < 1.29 is 26.0 Å². The molecule has 0 radical (unpaired) electrons. The molecule has 0 aliphatic rings. The average Bonchev–Trinajstić information content (AvgIpc) is 3.00. The fourth-order valence-corrected chi connectivity index (χ4v) is 2.69. The maximum Gasteiger partial charge on any atom is 0.453 e. The Hall–Kier alpha value is -2.79. The second-order valence-electron chi connectivity index (χ2n) is 5.21. The van der Waals surface area contributed by atoms with Gasteiger partial charge in [-0.05, 0) is 48.5 Å². The first-order valence-corrected chi connectivity index (χ1v) is 8.54. The van der Waals surface area contributed by atoms with Crippen molar-refractivity contribution in [3.63, 3.8) is 0 Å². The molecule has 0 aliphatic heterocycles. The van der Waals surface area contributed by atoms with Gasteiger partial charge in [0, 0.05) is 5.56 Å². The van der Waals surface area contributed by atoms with E-state index < -0.39 is 27.8 Å². The molecule has 0 spiro atoms. The molecule has 6 nitrogen and oxygen atoms in total. The number of sulfonamides is 1. The van der Waals surface area contributed by atoms with E-state index >= 15 is 0 Å². The van der Waals surface area contributed by atoms with Crippen molar-refractivity contribution in [2.45, 2.75) is 11.1 Å². The van der Waals surface area contributed by atoms with Crippen molar-refractivity contribution in [1.82, 2.24) is 14.8 Å². The van der Waals surface area contributed by atoms with Gasteiger partial charge in [-0.1, -0.05) is 0 Å². The van der Waals surface area contributed by atoms with Crippen LogP contribution in [0.3, 0.4) is 0 Å². The highest BCUT2D eigenvalue weighted by atomic mass is 32.2. The first-order valence-electron chi connectivity index (χ1n) is 6.99. The van der Waals surface area contributed by atoms with Gasteiger partial charge in [-0.15, -0.1) is 5.10 Å². The van der Waals surface area contributed by atoms with E-state index in [0.29, 0.717) is 0 Å². The summed E-state index contributed by atoms with van der Waals surface area (Å²) >= 11 is 0. The number of rotatable bonds is 3. The molecular formula is C15H10F4N4O2S. The first kappa shape index (κ1) is 18.0. The number of primary sulfonamides is 1. The number of aromatic nitrogens is 3. The minimum atomic E-state index is -4.79. The van der Waals surface area contributed by atoms with Crippen molar-refractivity contribution in [2.24, 2.45) is 5.14 Å². The smallest absolute Gasteiger partial charge is 0.225 e. The number of alkyl halides is 3. The predicted octanol–water partition coefficient (Wildman–Crippen LogP) is 2.74. The van der Waals surface area contributed by atoms with Crippen LogP contribution in [-0.4, -0.2) is 23.2 Å². The molecule has 0 saturated carbocycles. The second-order valence-corrected chi connectivity index (χ2v) is 6.78. The van der Waals surface area contributed by atoms with Gasteiger partial charge in [0.05, 0.1) is 10.6 Å². The standard InChI is InChI=1S/C15H10F4N4O2S/c16-10-3-1-9(2-4-10)13-21-14(15(17,18)19)22-23(13)11-5-7-12(8-6-11)26(20,24)25/h1-8H,(H2,20,24,25). The molecule has 0 aliphatic carbocycles. The minimum absolute atomic E-state index is 0.125. The van der Waals surface area contributed by atoms with Crippen LogP contribution in [-0.2, 0) is 16.2 Å². The average molecular weight is 386 g/mol. The monoisotopic (exact) mass is 386 g/mol. The molecule has 3 aromatic rings. The lowest BCUT2D eigenvalue weighted by Gasteiger charge is -2.07. The van der Waals surface area contributed by atoms with Gasteiger partial charge < -0.3 is 0 Å². The molecule has 3 rings (SSSR count). The van der Waals surface area contributed by atoms with E-state index in [-0.39, 0.29) is 22.0 Å². The number of hydrogen-bond donors (Lipinski definition) is 1. The summed E-state index contributed by atoms with van der Waals surface area (Å²) in [7, 11) is -3.95. The summed E-state index contributed by atoms with van der Waals surface area (Å²) in [6.07, 6.45) is -4.79. The fraction of sp³-hybridized carbons (Fsp3) is 0.0667. The molecule has 11 heteroatoms. The van der Waals surface area contributed by atoms with Crippen molar-refractivity contribution in [1.29, 1.82) is 0 Å². The summed E-state index contributed by atoms with van der Waals surface area (Å²) in [5.74, 6) is -2.12. The third-order valence-electron chi connectivity index (χ3n) is 3.37. The molecule has 136 valence electrons. The zero-order chi connectivity index (χ0) is 19.1. The summed E-state index contributed by atoms with van der Waals surface area (Å²) < 4.78 is 75.6. The molecule has 1 heterocycles. The Balaban J connectivity index is 2.16. The summed E-state index contributed by atoms with van der Waals surface area (Å²) in [5, 5.41) is 8.44. The van der Waals surface area contributed by atoms with E-state index in [9.17, 15) is 26.0 Å². The summed E-state index contributed by atoms with van der Waals surface area (Å²) in [6, 6.07) is 9.41. The van der Waals surface area contributed by atoms with Gasteiger partial charge in [-0.3, -0.25) is 0 Å². The molecule has 1 aromatic heterocycles. The lowest BCUT2D eigenvalue weighted by Crippen LogP contribution is -2.12. The van der Waals surface area contributed by atoms with Gasteiger partial charge in [-0.2, -0.15) is 13.2 Å². The lowest BCUT2D eigenvalue weighted by atomic mass is 10.2. The first-order chi connectivity index (χ1) is 12.1. The van der Waals surface area contributed by atoms with Gasteiger partial charge >= 0.3 is 6.18 Å². The Morgan fingerprint density at radius 3 is 2.04 bits per heavy atom. The number of hydrogen-bond acceptors (Lipinski definition) is 4. The van der Waals surface area contributed by atoms with Gasteiger partial charge in [0.25, 0.3) is 5.82 Å². The maximum atomic E-state index is 13.1. The summed E-state index contributed by atoms with van der Waals surface area (Å²) in [6.45, 7) is 0. The molecule has 0 fully saturated rings. The van der Waals surface area contributed by atoms with E-state index in [2.05, 4.69) is 10.1 Å². The highest BCUT2D eigenvalue weighted by Crippen LogP contribution is 2.30. The zero-order valence-corrected chi connectivity index (χ0v) is 13.6. The minimum Gasteiger partial charge on any atom is -0.225 e. The Morgan fingerprint density at radius 1 is 0.962 bits per heavy atom. The van der Waals surface area contributed by atoms with Crippen LogP contribution in [0, 0.1) is 5.82 Å². The van der Waals surface area contributed by atoms with Crippen LogP contribution in [0.5, 0.6) is 0 Å². The quantitative estimate of drug-likeness (QED) is 0.701. The maximum absolute atomic E-state index is 13.1. The molecule has 2 N–H and O–H groups in total. The van der Waals surface area contributed by atoms with Crippen LogP contribution in [0.15, 0.2) is 53.4 Å². The van der Waals surface area contributed by atoms with Crippen molar-refractivity contribution in [3.05, 3.63) is 60.2 Å². The van der Waals surface area contributed by atoms with Crippen molar-refractivity contribution >= 4 is 10.0 Å². The zero-order valence-electron chi connectivity index (χ0n) is 12.8. The number of halogens is 4. The fourth-order valence-electron chi connectivity index (χ4n) is 2.18. The summed E-state index contributed by atoms with van der Waals surface area (Å²) in [4.78, 5) is 3.28. The highest BCUT2D eigenvalue weighted by molar-refractivity contribution is 7.89. The molecule has 2 aromatic carbocycles. The summed E-state index contributed by atoms with van der Waals surface area (Å²) in [5.41, 5.74) is 0.324. The Morgan fingerprint density at radius 2 is 1.54 bits per heavy atom. The van der Waals surface area contributed by atoms with E-state index in [1.807, 2.05) is 0 Å². The second kappa shape index (κ2) is 6.18. The molecular weight excluding hydrogens is 376 g/mol. The molecule has 26 heavy (non-hydrogen) atoms. The molecule has 0 bridgehead atoms. The Bertz CT molecular complexity index is 1040. The topological polar surface area (TPSA) is 90.9 Å². The number of nitrogens with two attached hydrogens (primary N) is 1. The molecule has 0 saturated heterocycles. The van der Waals surface area contributed by atoms with Gasteiger partial charge in [0.2, 0.25) is 10.0 Å². The van der Waals surface area contributed by atoms with Crippen molar-refractivity contribution in [2.75, 3.05) is 0 Å². The van der Waals surface area contributed by atoms with Crippen molar-refractivity contribution in [3.8, 4) is 17.1 Å². The van der Waals surface area contributed by atoms with Crippen LogP contribution >= 0.6 is 0 Å². The Kier molecular flexibility index (Phi) is 4.28. The SMILES string of the molecule is NS(=O)(=O)c1ccc(-n2nc(C(F)(F)F)nc2-c2ccc(F)cc2)cc1. The van der Waals surface area contributed by atoms with Crippen LogP contribution in [0.2, 0.25) is 0 Å². The van der Waals surface area contributed by atoms with Crippen LogP contribution in [0.25, 0.3) is 17.1 Å². The Labute approximate surface area is 145 Å². The predicted molar refractivity (Wildman–Crippen MR) is 83.1 cm³/mol. The highest BCUT2D eigenvalue weighted by Gasteiger charge is 2.37. The third kappa shape index (κ3) is 3.58. The van der Waals surface area contributed by atoms with E-state index in [1.54, 1.807) is 0 Å². The third-order valence-corrected chi connectivity index (χ3v) is 4.30.